The second kappa shape index (κ2) is 8.90. The van der Waals surface area contributed by atoms with Crippen LogP contribution >= 0.6 is 0 Å². The fourth-order valence-corrected chi connectivity index (χ4v) is 4.42. The second-order valence-corrected chi connectivity index (χ2v) is 7.92. The molecule has 0 aliphatic heterocycles. The molecular formula is C26H24N4O4. The Hall–Kier alpha value is -4.33. The molecule has 1 aliphatic carbocycles. The minimum Gasteiger partial charge on any atom is -0.496 e. The first-order chi connectivity index (χ1) is 16.6. The summed E-state index contributed by atoms with van der Waals surface area (Å²) in [7, 11) is 4.64. The predicted octanol–water partition coefficient (Wildman–Crippen LogP) is 4.12. The Morgan fingerprint density at radius 2 is 1.74 bits per heavy atom. The lowest BCUT2D eigenvalue weighted by Gasteiger charge is -2.12. The molecule has 0 saturated carbocycles. The maximum absolute atomic E-state index is 12.7. The van der Waals surface area contributed by atoms with E-state index in [2.05, 4.69) is 51.1 Å². The van der Waals surface area contributed by atoms with E-state index in [1.165, 1.54) is 36.9 Å². The zero-order valence-electron chi connectivity index (χ0n) is 19.1. The number of benzene rings is 3. The van der Waals surface area contributed by atoms with Crippen molar-refractivity contribution in [2.45, 2.75) is 12.8 Å². The average Bonchev–Trinajstić information content (AvgIpc) is 3.53. The minimum absolute atomic E-state index is 0.309. The van der Waals surface area contributed by atoms with Crippen LogP contribution in [0.3, 0.4) is 0 Å². The number of carbonyl (C=O) groups excluding carboxylic acids is 1. The molecule has 8 nitrogen and oxygen atoms in total. The summed E-state index contributed by atoms with van der Waals surface area (Å²) in [4.78, 5) is 12.7. The number of H-pyrrole nitrogens is 1. The number of carbonyl (C=O) groups is 1. The van der Waals surface area contributed by atoms with Gasteiger partial charge in [0.15, 0.2) is 0 Å². The van der Waals surface area contributed by atoms with Crippen LogP contribution in [0.5, 0.6) is 17.2 Å². The van der Waals surface area contributed by atoms with Crippen molar-refractivity contribution in [3.63, 3.8) is 0 Å². The molecule has 0 radical (unpaired) electrons. The molecule has 0 spiro atoms. The van der Waals surface area contributed by atoms with E-state index in [0.29, 0.717) is 34.2 Å². The van der Waals surface area contributed by atoms with Gasteiger partial charge in [-0.3, -0.25) is 9.89 Å². The van der Waals surface area contributed by atoms with Crippen molar-refractivity contribution in [1.29, 1.82) is 0 Å². The summed E-state index contributed by atoms with van der Waals surface area (Å²) in [5.41, 5.74) is 7.84. The molecule has 5 rings (SSSR count). The van der Waals surface area contributed by atoms with Crippen LogP contribution in [0.15, 0.2) is 53.6 Å². The van der Waals surface area contributed by atoms with E-state index in [4.69, 9.17) is 14.2 Å². The number of nitrogens with zero attached hydrogens (tertiary/aromatic N) is 2. The topological polar surface area (TPSA) is 97.8 Å². The first kappa shape index (κ1) is 21.5. The number of aryl methyl sites for hydroxylation is 2. The molecular weight excluding hydrogens is 432 g/mol. The van der Waals surface area contributed by atoms with Crippen molar-refractivity contribution in [3.8, 4) is 28.5 Å². The van der Waals surface area contributed by atoms with Gasteiger partial charge >= 0.3 is 0 Å². The summed E-state index contributed by atoms with van der Waals surface area (Å²) in [5, 5.41) is 13.7. The zero-order valence-corrected chi connectivity index (χ0v) is 19.1. The van der Waals surface area contributed by atoms with E-state index in [-0.39, 0.29) is 0 Å². The smallest absolute Gasteiger partial charge is 0.289 e. The lowest BCUT2D eigenvalue weighted by atomic mass is 9.98. The van der Waals surface area contributed by atoms with Gasteiger partial charge in [0.05, 0.1) is 38.8 Å². The maximum Gasteiger partial charge on any atom is 0.289 e. The summed E-state index contributed by atoms with van der Waals surface area (Å²) < 4.78 is 16.1. The third-order valence-electron chi connectivity index (χ3n) is 6.09. The first-order valence-electron chi connectivity index (χ1n) is 10.9. The number of nitrogens with one attached hydrogen (secondary N) is 2. The van der Waals surface area contributed by atoms with Gasteiger partial charge in [-0.2, -0.15) is 10.2 Å². The summed E-state index contributed by atoms with van der Waals surface area (Å²) in [6, 6.07) is 15.8. The fraction of sp³-hybridized carbons (Fsp3) is 0.192. The number of methoxy groups -OCH3 is 3. The van der Waals surface area contributed by atoms with Crippen LogP contribution < -0.4 is 19.6 Å². The highest BCUT2D eigenvalue weighted by molar-refractivity contribution is 6.02. The van der Waals surface area contributed by atoms with Crippen molar-refractivity contribution in [2.75, 3.05) is 21.3 Å². The Bertz CT molecular complexity index is 1390. The third-order valence-corrected chi connectivity index (χ3v) is 6.09. The standard InChI is InChI=1S/C26H24N4O4/c1-32-17-11-23(33-2)20(24(12-17)34-3)14-27-30-26(31)22-13-21(28-29-22)18-10-9-16-8-7-15-5-4-6-19(18)25(15)16/h4-6,9-14H,7-8H2,1-3H3,(H,28,29)(H,30,31)/b27-14+. The zero-order chi connectivity index (χ0) is 23.7. The number of amides is 1. The van der Waals surface area contributed by atoms with Crippen LogP contribution in [0.25, 0.3) is 22.0 Å². The largest absolute Gasteiger partial charge is 0.496 e. The number of rotatable bonds is 7. The molecule has 34 heavy (non-hydrogen) atoms. The molecule has 1 aromatic heterocycles. The summed E-state index contributed by atoms with van der Waals surface area (Å²) in [6.07, 6.45) is 3.59. The Labute approximate surface area is 196 Å². The molecule has 0 atom stereocenters. The average molecular weight is 457 g/mol. The van der Waals surface area contributed by atoms with Crippen molar-refractivity contribution < 1.29 is 19.0 Å². The van der Waals surface area contributed by atoms with Crippen molar-refractivity contribution >= 4 is 22.9 Å². The number of hydrogen-bond donors (Lipinski definition) is 2. The summed E-state index contributed by atoms with van der Waals surface area (Å²) in [5.74, 6) is 1.19. The molecule has 0 saturated heterocycles. The van der Waals surface area contributed by atoms with E-state index in [9.17, 15) is 4.79 Å². The number of aromatic amines is 1. The quantitative estimate of drug-likeness (QED) is 0.322. The summed E-state index contributed by atoms with van der Waals surface area (Å²) in [6.45, 7) is 0. The number of ether oxygens (including phenoxy) is 3. The molecule has 1 amide bonds. The van der Waals surface area contributed by atoms with E-state index >= 15 is 0 Å². The Kier molecular flexibility index (Phi) is 5.63. The van der Waals surface area contributed by atoms with Gasteiger partial charge in [0.2, 0.25) is 0 Å². The molecule has 0 bridgehead atoms. The highest BCUT2D eigenvalue weighted by atomic mass is 16.5. The van der Waals surface area contributed by atoms with Gasteiger partial charge in [-0.1, -0.05) is 30.3 Å². The van der Waals surface area contributed by atoms with Gasteiger partial charge in [-0.15, -0.1) is 0 Å². The van der Waals surface area contributed by atoms with Gasteiger partial charge < -0.3 is 14.2 Å². The second-order valence-electron chi connectivity index (χ2n) is 7.92. The van der Waals surface area contributed by atoms with Crippen molar-refractivity contribution in [2.24, 2.45) is 5.10 Å². The number of aromatic nitrogens is 2. The normalized spacial score (nSPS) is 12.3. The Balaban J connectivity index is 1.37. The fourth-order valence-electron chi connectivity index (χ4n) is 4.42. The molecule has 0 unspecified atom stereocenters. The number of hydrazone groups is 1. The molecule has 172 valence electrons. The van der Waals surface area contributed by atoms with E-state index in [0.717, 1.165) is 23.8 Å². The summed E-state index contributed by atoms with van der Waals surface area (Å²) >= 11 is 0. The molecule has 1 heterocycles. The lowest BCUT2D eigenvalue weighted by molar-refractivity contribution is 0.0950. The highest BCUT2D eigenvalue weighted by Crippen LogP contribution is 2.36. The Morgan fingerprint density at radius 1 is 1.00 bits per heavy atom. The maximum atomic E-state index is 12.7. The molecule has 0 fully saturated rings. The molecule has 8 heteroatoms. The van der Waals surface area contributed by atoms with Crippen LogP contribution in [0, 0.1) is 0 Å². The SMILES string of the molecule is COc1cc(OC)c(/C=N/NC(=O)c2cc(-c3ccc4c5c(cccc35)CC4)n[nH]2)c(OC)c1. The predicted molar refractivity (Wildman–Crippen MR) is 130 cm³/mol. The molecule has 2 N–H and O–H groups in total. The van der Waals surface area contributed by atoms with E-state index < -0.39 is 5.91 Å². The minimum atomic E-state index is -0.410. The van der Waals surface area contributed by atoms with E-state index in [1.54, 1.807) is 25.3 Å². The van der Waals surface area contributed by atoms with Crippen LogP contribution in [0.2, 0.25) is 0 Å². The van der Waals surface area contributed by atoms with Gasteiger partial charge in [-0.05, 0) is 40.8 Å². The van der Waals surface area contributed by atoms with Gasteiger partial charge in [0.1, 0.15) is 22.9 Å². The Morgan fingerprint density at radius 3 is 2.44 bits per heavy atom. The monoisotopic (exact) mass is 456 g/mol. The van der Waals surface area contributed by atoms with Crippen LogP contribution in [-0.2, 0) is 12.8 Å². The van der Waals surface area contributed by atoms with Crippen molar-refractivity contribution in [1.82, 2.24) is 15.6 Å². The van der Waals surface area contributed by atoms with Gasteiger partial charge in [-0.25, -0.2) is 5.43 Å². The van der Waals surface area contributed by atoms with E-state index in [1.807, 2.05) is 0 Å². The van der Waals surface area contributed by atoms with Crippen LogP contribution in [-0.4, -0.2) is 43.6 Å². The molecule has 3 aromatic carbocycles. The van der Waals surface area contributed by atoms with Gasteiger partial charge in [0, 0.05) is 17.7 Å². The van der Waals surface area contributed by atoms with Gasteiger partial charge in [0.25, 0.3) is 5.91 Å². The lowest BCUT2D eigenvalue weighted by Crippen LogP contribution is -2.18. The highest BCUT2D eigenvalue weighted by Gasteiger charge is 2.18. The molecule has 1 aliphatic rings. The molecule has 4 aromatic rings. The third kappa shape index (κ3) is 3.73. The van der Waals surface area contributed by atoms with Crippen molar-refractivity contribution in [3.05, 3.63) is 70.9 Å². The first-order valence-corrected chi connectivity index (χ1v) is 10.9. The van der Waals surface area contributed by atoms with Crippen LogP contribution in [0.1, 0.15) is 27.2 Å². The number of hydrogen-bond acceptors (Lipinski definition) is 6. The van der Waals surface area contributed by atoms with Crippen LogP contribution in [0.4, 0.5) is 0 Å².